The lowest BCUT2D eigenvalue weighted by Crippen LogP contribution is -2.37. The van der Waals surface area contributed by atoms with Crippen molar-refractivity contribution in [2.45, 2.75) is 57.6 Å². The summed E-state index contributed by atoms with van der Waals surface area (Å²) in [7, 11) is 1.58. The summed E-state index contributed by atoms with van der Waals surface area (Å²) < 4.78 is 25.1. The van der Waals surface area contributed by atoms with Gasteiger partial charge in [0.2, 0.25) is 5.95 Å². The van der Waals surface area contributed by atoms with Gasteiger partial charge in [-0.05, 0) is 37.7 Å². The SMILES string of the molecule is COc1cnc(F)c(CN2CCC(OCC3CCCCC3)CC2)c1. The van der Waals surface area contributed by atoms with Crippen LogP contribution >= 0.6 is 0 Å². The Labute approximate surface area is 144 Å². The number of likely N-dealkylation sites (tertiary alicyclic amines) is 1. The highest BCUT2D eigenvalue weighted by molar-refractivity contribution is 5.24. The van der Waals surface area contributed by atoms with Crippen LogP contribution in [0.2, 0.25) is 0 Å². The molecule has 1 aliphatic carbocycles. The molecule has 0 spiro atoms. The van der Waals surface area contributed by atoms with E-state index in [0.29, 0.717) is 24.0 Å². The van der Waals surface area contributed by atoms with E-state index in [-0.39, 0.29) is 0 Å². The molecule has 1 aromatic heterocycles. The Morgan fingerprint density at radius 1 is 1.17 bits per heavy atom. The van der Waals surface area contributed by atoms with Crippen LogP contribution in [0.5, 0.6) is 5.75 Å². The van der Waals surface area contributed by atoms with E-state index in [1.54, 1.807) is 13.2 Å². The van der Waals surface area contributed by atoms with E-state index in [2.05, 4.69) is 9.88 Å². The number of aromatic nitrogens is 1. The van der Waals surface area contributed by atoms with Gasteiger partial charge in [0.15, 0.2) is 0 Å². The van der Waals surface area contributed by atoms with Crippen molar-refractivity contribution in [1.29, 1.82) is 0 Å². The van der Waals surface area contributed by atoms with E-state index >= 15 is 0 Å². The van der Waals surface area contributed by atoms with E-state index in [9.17, 15) is 4.39 Å². The van der Waals surface area contributed by atoms with E-state index in [0.717, 1.165) is 38.5 Å². The lowest BCUT2D eigenvalue weighted by molar-refractivity contribution is -0.0159. The zero-order valence-corrected chi connectivity index (χ0v) is 14.7. The molecule has 2 aliphatic rings. The van der Waals surface area contributed by atoms with Crippen molar-refractivity contribution in [3.05, 3.63) is 23.8 Å². The molecule has 0 N–H and O–H groups in total. The Kier molecular flexibility index (Phi) is 6.44. The van der Waals surface area contributed by atoms with Crippen LogP contribution in [-0.2, 0) is 11.3 Å². The Hall–Kier alpha value is -1.20. The molecule has 1 saturated carbocycles. The second-order valence-corrected chi connectivity index (χ2v) is 7.14. The number of rotatable bonds is 6. The highest BCUT2D eigenvalue weighted by atomic mass is 19.1. The molecule has 0 amide bonds. The van der Waals surface area contributed by atoms with Crippen molar-refractivity contribution in [3.63, 3.8) is 0 Å². The largest absolute Gasteiger partial charge is 0.495 e. The van der Waals surface area contributed by atoms with E-state index in [1.165, 1.54) is 38.3 Å². The van der Waals surface area contributed by atoms with Crippen LogP contribution in [0.4, 0.5) is 4.39 Å². The van der Waals surface area contributed by atoms with Gasteiger partial charge in [-0.1, -0.05) is 19.3 Å². The van der Waals surface area contributed by atoms with Gasteiger partial charge in [0.25, 0.3) is 0 Å². The molecule has 0 radical (unpaired) electrons. The molecule has 1 aromatic rings. The molecule has 1 aliphatic heterocycles. The molecule has 3 rings (SSSR count). The molecule has 0 atom stereocenters. The normalized spacial score (nSPS) is 21.1. The monoisotopic (exact) mass is 336 g/mol. The minimum absolute atomic E-state index is 0.372. The number of ether oxygens (including phenoxy) is 2. The lowest BCUT2D eigenvalue weighted by Gasteiger charge is -2.33. The molecule has 1 saturated heterocycles. The number of pyridine rings is 1. The quantitative estimate of drug-likeness (QED) is 0.740. The maximum atomic E-state index is 13.8. The number of piperidine rings is 1. The van der Waals surface area contributed by atoms with Gasteiger partial charge in [0, 0.05) is 31.8 Å². The van der Waals surface area contributed by atoms with Gasteiger partial charge in [-0.2, -0.15) is 4.39 Å². The van der Waals surface area contributed by atoms with Crippen LogP contribution in [0.25, 0.3) is 0 Å². The third-order valence-corrected chi connectivity index (χ3v) is 5.34. The van der Waals surface area contributed by atoms with Crippen molar-refractivity contribution in [1.82, 2.24) is 9.88 Å². The summed E-state index contributed by atoms with van der Waals surface area (Å²) in [5, 5.41) is 0. The minimum Gasteiger partial charge on any atom is -0.495 e. The van der Waals surface area contributed by atoms with E-state index in [1.807, 2.05) is 0 Å². The first-order valence-corrected chi connectivity index (χ1v) is 9.27. The molecule has 2 fully saturated rings. The first kappa shape index (κ1) is 17.6. The summed E-state index contributed by atoms with van der Waals surface area (Å²) in [6, 6.07) is 1.74. The van der Waals surface area contributed by atoms with Crippen molar-refractivity contribution in [3.8, 4) is 5.75 Å². The standard InChI is InChI=1S/C19H29FN2O2/c1-23-18-11-16(19(20)21-12-18)13-22-9-7-17(8-10-22)24-14-15-5-3-2-4-6-15/h11-12,15,17H,2-10,13-14H2,1H3. The second kappa shape index (κ2) is 8.77. The average molecular weight is 336 g/mol. The van der Waals surface area contributed by atoms with Gasteiger partial charge >= 0.3 is 0 Å². The zero-order chi connectivity index (χ0) is 16.8. The molecular weight excluding hydrogens is 307 g/mol. The van der Waals surface area contributed by atoms with Crippen LogP contribution in [0.15, 0.2) is 12.3 Å². The Morgan fingerprint density at radius 2 is 1.92 bits per heavy atom. The summed E-state index contributed by atoms with van der Waals surface area (Å²) in [6.45, 7) is 3.42. The maximum absolute atomic E-state index is 13.8. The number of methoxy groups -OCH3 is 1. The highest BCUT2D eigenvalue weighted by Gasteiger charge is 2.22. The number of hydrogen-bond acceptors (Lipinski definition) is 4. The number of halogens is 1. The molecule has 5 heteroatoms. The number of hydrogen-bond donors (Lipinski definition) is 0. The summed E-state index contributed by atoms with van der Waals surface area (Å²) in [5.74, 6) is 0.984. The fraction of sp³-hybridized carbons (Fsp3) is 0.737. The molecular formula is C19H29FN2O2. The average Bonchev–Trinajstić information content (AvgIpc) is 2.64. The highest BCUT2D eigenvalue weighted by Crippen LogP contribution is 2.25. The first-order valence-electron chi connectivity index (χ1n) is 9.27. The zero-order valence-electron chi connectivity index (χ0n) is 14.7. The van der Waals surface area contributed by atoms with Crippen molar-refractivity contribution >= 4 is 0 Å². The third kappa shape index (κ3) is 4.90. The fourth-order valence-corrected chi connectivity index (χ4v) is 3.80. The lowest BCUT2D eigenvalue weighted by atomic mass is 9.90. The molecule has 2 heterocycles. The minimum atomic E-state index is -0.397. The van der Waals surface area contributed by atoms with Gasteiger partial charge in [-0.25, -0.2) is 4.98 Å². The van der Waals surface area contributed by atoms with Crippen LogP contribution < -0.4 is 4.74 Å². The third-order valence-electron chi connectivity index (χ3n) is 5.34. The number of nitrogens with zero attached hydrogens (tertiary/aromatic N) is 2. The van der Waals surface area contributed by atoms with Gasteiger partial charge in [-0.3, -0.25) is 4.90 Å². The van der Waals surface area contributed by atoms with Gasteiger partial charge in [0.1, 0.15) is 5.75 Å². The van der Waals surface area contributed by atoms with Crippen LogP contribution in [-0.4, -0.2) is 42.8 Å². The van der Waals surface area contributed by atoms with Crippen LogP contribution in [0.1, 0.15) is 50.5 Å². The first-order chi connectivity index (χ1) is 11.7. The Balaban J connectivity index is 1.42. The predicted octanol–water partition coefficient (Wildman–Crippen LogP) is 3.79. The smallest absolute Gasteiger partial charge is 0.217 e. The summed E-state index contributed by atoms with van der Waals surface area (Å²) in [4.78, 5) is 6.05. The van der Waals surface area contributed by atoms with Gasteiger partial charge in [-0.15, -0.1) is 0 Å². The van der Waals surface area contributed by atoms with Crippen LogP contribution in [0, 0.1) is 11.9 Å². The summed E-state index contributed by atoms with van der Waals surface area (Å²) in [5.41, 5.74) is 0.607. The molecule has 134 valence electrons. The summed E-state index contributed by atoms with van der Waals surface area (Å²) in [6.07, 6.45) is 10.7. The molecule has 24 heavy (non-hydrogen) atoms. The van der Waals surface area contributed by atoms with Crippen molar-refractivity contribution in [2.75, 3.05) is 26.8 Å². The Bertz CT molecular complexity index is 512. The van der Waals surface area contributed by atoms with Crippen molar-refractivity contribution < 1.29 is 13.9 Å². The summed E-state index contributed by atoms with van der Waals surface area (Å²) >= 11 is 0. The Morgan fingerprint density at radius 3 is 2.62 bits per heavy atom. The predicted molar refractivity (Wildman–Crippen MR) is 91.6 cm³/mol. The molecule has 0 aromatic carbocycles. The van der Waals surface area contributed by atoms with Crippen molar-refractivity contribution in [2.24, 2.45) is 5.92 Å². The maximum Gasteiger partial charge on any atom is 0.217 e. The van der Waals surface area contributed by atoms with Gasteiger partial charge < -0.3 is 9.47 Å². The molecule has 0 unspecified atom stereocenters. The van der Waals surface area contributed by atoms with E-state index in [4.69, 9.17) is 9.47 Å². The van der Waals surface area contributed by atoms with E-state index < -0.39 is 5.95 Å². The fourth-order valence-electron chi connectivity index (χ4n) is 3.80. The molecule has 0 bridgehead atoms. The molecule has 4 nitrogen and oxygen atoms in total. The van der Waals surface area contributed by atoms with Gasteiger partial charge in [0.05, 0.1) is 19.4 Å². The second-order valence-electron chi connectivity index (χ2n) is 7.14. The topological polar surface area (TPSA) is 34.6 Å². The van der Waals surface area contributed by atoms with Crippen LogP contribution in [0.3, 0.4) is 0 Å².